The molecule has 0 radical (unpaired) electrons. The standard InChI is InChI=1S/2C14H14N2O4S/c2*1-10-7-11(2)9-12(8-10)15-21(19,20)14-5-3-13(4-6-14)16(17)18/h2*3-9,15H,1-2H3. The molecule has 0 unspecified atom stereocenters. The molecule has 14 heteroatoms. The maximum absolute atomic E-state index is 12.2. The van der Waals surface area contributed by atoms with E-state index in [0.717, 1.165) is 46.5 Å². The Bertz CT molecular complexity index is 1660. The van der Waals surface area contributed by atoms with Crippen LogP contribution in [-0.2, 0) is 20.0 Å². The van der Waals surface area contributed by atoms with Crippen molar-refractivity contribution in [3.63, 3.8) is 0 Å². The van der Waals surface area contributed by atoms with Gasteiger partial charge < -0.3 is 0 Å². The summed E-state index contributed by atoms with van der Waals surface area (Å²) in [6, 6.07) is 20.2. The van der Waals surface area contributed by atoms with Crippen LogP contribution in [0.15, 0.2) is 94.7 Å². The van der Waals surface area contributed by atoms with Gasteiger partial charge in [-0.15, -0.1) is 0 Å². The van der Waals surface area contributed by atoms with Crippen LogP contribution in [0.25, 0.3) is 0 Å². The summed E-state index contributed by atoms with van der Waals surface area (Å²) in [5, 5.41) is 21.1. The smallest absolute Gasteiger partial charge is 0.269 e. The lowest BCUT2D eigenvalue weighted by molar-refractivity contribution is -0.385. The van der Waals surface area contributed by atoms with Crippen molar-refractivity contribution in [1.82, 2.24) is 0 Å². The van der Waals surface area contributed by atoms with Gasteiger partial charge >= 0.3 is 0 Å². The van der Waals surface area contributed by atoms with Crippen LogP contribution in [-0.4, -0.2) is 26.7 Å². The number of nitrogens with zero attached hydrogens (tertiary/aromatic N) is 2. The molecule has 4 rings (SSSR count). The van der Waals surface area contributed by atoms with Crippen molar-refractivity contribution in [3.8, 4) is 0 Å². The number of anilines is 2. The van der Waals surface area contributed by atoms with Crippen molar-refractivity contribution in [2.45, 2.75) is 37.5 Å². The molecular formula is C28H28N4O8S2. The molecule has 2 N–H and O–H groups in total. The summed E-state index contributed by atoms with van der Waals surface area (Å²) in [6.45, 7) is 7.49. The average Bonchev–Trinajstić information content (AvgIpc) is 2.87. The zero-order valence-electron chi connectivity index (χ0n) is 23.1. The average molecular weight is 613 g/mol. The van der Waals surface area contributed by atoms with Crippen molar-refractivity contribution in [2.24, 2.45) is 0 Å². The van der Waals surface area contributed by atoms with Gasteiger partial charge in [-0.25, -0.2) is 16.8 Å². The van der Waals surface area contributed by atoms with Gasteiger partial charge in [0, 0.05) is 35.6 Å². The Morgan fingerprint density at radius 2 is 0.762 bits per heavy atom. The largest absolute Gasteiger partial charge is 0.280 e. The van der Waals surface area contributed by atoms with Crippen LogP contribution in [0.5, 0.6) is 0 Å². The summed E-state index contributed by atoms with van der Waals surface area (Å²) < 4.78 is 53.8. The molecule has 0 fully saturated rings. The molecule has 42 heavy (non-hydrogen) atoms. The van der Waals surface area contributed by atoms with E-state index in [1.54, 1.807) is 24.3 Å². The zero-order valence-corrected chi connectivity index (χ0v) is 24.7. The molecule has 0 atom stereocenters. The Hall–Kier alpha value is -4.82. The van der Waals surface area contributed by atoms with Gasteiger partial charge in [-0.2, -0.15) is 0 Å². The lowest BCUT2D eigenvalue weighted by Crippen LogP contribution is -2.13. The molecule has 12 nitrogen and oxygen atoms in total. The third-order valence-corrected chi connectivity index (χ3v) is 8.46. The van der Waals surface area contributed by atoms with Gasteiger partial charge in [-0.1, -0.05) is 12.1 Å². The van der Waals surface area contributed by atoms with Crippen molar-refractivity contribution in [3.05, 3.63) is 127 Å². The third kappa shape index (κ3) is 8.59. The Kier molecular flexibility index (Phi) is 9.65. The predicted octanol–water partition coefficient (Wildman–Crippen LogP) is 6.02. The van der Waals surface area contributed by atoms with Crippen LogP contribution < -0.4 is 9.44 Å². The number of non-ortho nitro benzene ring substituents is 2. The summed E-state index contributed by atoms with van der Waals surface area (Å²) in [5.74, 6) is 0. The van der Waals surface area contributed by atoms with E-state index >= 15 is 0 Å². The summed E-state index contributed by atoms with van der Waals surface area (Å²) >= 11 is 0. The van der Waals surface area contributed by atoms with E-state index in [9.17, 15) is 37.1 Å². The molecule has 0 saturated heterocycles. The summed E-state index contributed by atoms with van der Waals surface area (Å²) in [4.78, 5) is 19.9. The number of sulfonamides is 2. The molecular weight excluding hydrogens is 584 g/mol. The molecule has 0 aliphatic carbocycles. The lowest BCUT2D eigenvalue weighted by Gasteiger charge is -2.09. The Morgan fingerprint density at radius 3 is 1.00 bits per heavy atom. The number of aryl methyl sites for hydroxylation is 4. The normalized spacial score (nSPS) is 11.1. The Labute approximate surface area is 243 Å². The van der Waals surface area contributed by atoms with E-state index in [1.165, 1.54) is 24.3 Å². The molecule has 0 heterocycles. The molecule has 0 aliphatic rings. The molecule has 0 amide bonds. The SMILES string of the molecule is Cc1cc(C)cc(NS(=O)(=O)c2ccc([N+](=O)[O-])cc2)c1.Cc1cc(C)cc(NS(=O)(=O)c2ccc([N+](=O)[O-])cc2)c1. The van der Waals surface area contributed by atoms with Crippen LogP contribution in [0.4, 0.5) is 22.7 Å². The molecule has 4 aromatic carbocycles. The van der Waals surface area contributed by atoms with Crippen molar-refractivity contribution in [2.75, 3.05) is 9.44 Å². The topological polar surface area (TPSA) is 179 Å². The third-order valence-electron chi connectivity index (χ3n) is 5.66. The number of nitro groups is 2. The number of rotatable bonds is 8. The molecule has 220 valence electrons. The van der Waals surface area contributed by atoms with Gasteiger partial charge in [0.15, 0.2) is 0 Å². The van der Waals surface area contributed by atoms with Crippen molar-refractivity contribution in [1.29, 1.82) is 0 Å². The second-order valence-corrected chi connectivity index (χ2v) is 12.8. The number of nitro benzene ring substituents is 2. The van der Waals surface area contributed by atoms with Gasteiger partial charge in [0.25, 0.3) is 31.4 Å². The molecule has 0 saturated carbocycles. The van der Waals surface area contributed by atoms with Gasteiger partial charge in [-0.05, 0) is 98.5 Å². The van der Waals surface area contributed by atoms with Crippen molar-refractivity contribution < 1.29 is 26.7 Å². The highest BCUT2D eigenvalue weighted by atomic mass is 32.2. The van der Waals surface area contributed by atoms with E-state index in [4.69, 9.17) is 0 Å². The predicted molar refractivity (Wildman–Crippen MR) is 160 cm³/mol. The summed E-state index contributed by atoms with van der Waals surface area (Å²) in [6.07, 6.45) is 0. The van der Waals surface area contributed by atoms with E-state index < -0.39 is 29.9 Å². The Balaban J connectivity index is 0.000000230. The van der Waals surface area contributed by atoms with Crippen LogP contribution in [0.1, 0.15) is 22.3 Å². The van der Waals surface area contributed by atoms with Crippen molar-refractivity contribution >= 4 is 42.8 Å². The monoisotopic (exact) mass is 612 g/mol. The highest BCUT2D eigenvalue weighted by molar-refractivity contribution is 7.93. The van der Waals surface area contributed by atoms with Crippen LogP contribution in [0, 0.1) is 47.9 Å². The minimum absolute atomic E-state index is 0.0211. The number of hydrogen-bond donors (Lipinski definition) is 2. The lowest BCUT2D eigenvalue weighted by atomic mass is 10.1. The minimum Gasteiger partial charge on any atom is -0.280 e. The fraction of sp³-hybridized carbons (Fsp3) is 0.143. The van der Waals surface area contributed by atoms with E-state index in [-0.39, 0.29) is 21.2 Å². The quantitative estimate of drug-likeness (QED) is 0.179. The number of hydrogen-bond acceptors (Lipinski definition) is 8. The highest BCUT2D eigenvalue weighted by Gasteiger charge is 2.17. The van der Waals surface area contributed by atoms with Crippen LogP contribution in [0.2, 0.25) is 0 Å². The van der Waals surface area contributed by atoms with Gasteiger partial charge in [-0.3, -0.25) is 29.7 Å². The molecule has 0 spiro atoms. The first-order valence-corrected chi connectivity index (χ1v) is 15.2. The zero-order chi connectivity index (χ0) is 31.2. The van der Waals surface area contributed by atoms with E-state index in [1.807, 2.05) is 39.8 Å². The van der Waals surface area contributed by atoms with Gasteiger partial charge in [0.05, 0.1) is 19.6 Å². The minimum atomic E-state index is -3.76. The maximum Gasteiger partial charge on any atom is 0.269 e. The van der Waals surface area contributed by atoms with Gasteiger partial charge in [0.1, 0.15) is 0 Å². The fourth-order valence-corrected chi connectivity index (χ4v) is 6.07. The maximum atomic E-state index is 12.2. The molecule has 0 aromatic heterocycles. The summed E-state index contributed by atoms with van der Waals surface area (Å²) in [7, 11) is -7.52. The van der Waals surface area contributed by atoms with Gasteiger partial charge in [0.2, 0.25) is 0 Å². The summed E-state index contributed by atoms with van der Waals surface area (Å²) in [5.41, 5.74) is 4.39. The highest BCUT2D eigenvalue weighted by Crippen LogP contribution is 2.22. The second kappa shape index (κ2) is 12.8. The molecule has 0 aliphatic heterocycles. The first kappa shape index (κ1) is 31.7. The second-order valence-electron chi connectivity index (χ2n) is 9.47. The van der Waals surface area contributed by atoms with Crippen LogP contribution in [0.3, 0.4) is 0 Å². The molecule has 4 aromatic rings. The van der Waals surface area contributed by atoms with E-state index in [0.29, 0.717) is 11.4 Å². The van der Waals surface area contributed by atoms with Crippen LogP contribution >= 0.6 is 0 Å². The van der Waals surface area contributed by atoms with E-state index in [2.05, 4.69) is 9.44 Å². The first-order valence-electron chi connectivity index (χ1n) is 12.3. The fourth-order valence-electron chi connectivity index (χ4n) is 3.99. The molecule has 0 bridgehead atoms. The number of nitrogens with one attached hydrogen (secondary N) is 2. The first-order chi connectivity index (χ1) is 19.6. The number of benzene rings is 4. The Morgan fingerprint density at radius 1 is 0.500 bits per heavy atom.